The number of hydrogen-bond acceptors (Lipinski definition) is 2. The first-order valence-corrected chi connectivity index (χ1v) is 7.05. The van der Waals surface area contributed by atoms with Gasteiger partial charge in [-0.25, -0.2) is 0 Å². The molecule has 19 heavy (non-hydrogen) atoms. The molecule has 3 rings (SSSR count). The molecule has 1 fully saturated rings. The van der Waals surface area contributed by atoms with Crippen LogP contribution in [0.3, 0.4) is 0 Å². The van der Waals surface area contributed by atoms with E-state index in [1.807, 2.05) is 12.1 Å². The van der Waals surface area contributed by atoms with E-state index in [1.54, 1.807) is 12.3 Å². The highest BCUT2D eigenvalue weighted by molar-refractivity contribution is 6.31. The number of rotatable bonds is 3. The number of nitrogens with one attached hydrogen (secondary N) is 1. The van der Waals surface area contributed by atoms with Crippen molar-refractivity contribution in [2.75, 3.05) is 0 Å². The largest absolute Gasteiger partial charge is 0.464 e. The molecule has 1 aromatic heterocycles. The van der Waals surface area contributed by atoms with Gasteiger partial charge in [0.15, 0.2) is 0 Å². The molecule has 1 aliphatic rings. The molecule has 3 nitrogen and oxygen atoms in total. The molecule has 4 heteroatoms. The van der Waals surface area contributed by atoms with Gasteiger partial charge >= 0.3 is 0 Å². The summed E-state index contributed by atoms with van der Waals surface area (Å²) in [6.07, 6.45) is 6.64. The molecule has 0 spiro atoms. The summed E-state index contributed by atoms with van der Waals surface area (Å²) >= 11 is 5.98. The zero-order chi connectivity index (χ0) is 13.2. The number of carbonyl (C=O) groups excluding carboxylic acids is 1. The van der Waals surface area contributed by atoms with E-state index in [0.29, 0.717) is 17.5 Å². The van der Waals surface area contributed by atoms with Crippen LogP contribution in [-0.2, 0) is 11.2 Å². The van der Waals surface area contributed by atoms with Crippen molar-refractivity contribution in [1.29, 1.82) is 0 Å². The Morgan fingerprint density at radius 3 is 2.95 bits per heavy atom. The van der Waals surface area contributed by atoms with E-state index in [0.717, 1.165) is 29.4 Å². The van der Waals surface area contributed by atoms with E-state index in [2.05, 4.69) is 5.32 Å². The highest BCUT2D eigenvalue weighted by Crippen LogP contribution is 2.25. The SMILES string of the molecule is O=C(Cc1coc2ccc(Cl)cc12)NC1CCCC1. The molecule has 1 N–H and O–H groups in total. The monoisotopic (exact) mass is 277 g/mol. The lowest BCUT2D eigenvalue weighted by molar-refractivity contribution is -0.121. The number of furan rings is 1. The minimum Gasteiger partial charge on any atom is -0.464 e. The second-order valence-electron chi connectivity index (χ2n) is 5.13. The van der Waals surface area contributed by atoms with Crippen LogP contribution in [0.25, 0.3) is 11.0 Å². The molecular formula is C15H16ClNO2. The fourth-order valence-corrected chi connectivity index (χ4v) is 2.88. The van der Waals surface area contributed by atoms with Crippen LogP contribution < -0.4 is 5.32 Å². The highest BCUT2D eigenvalue weighted by Gasteiger charge is 2.18. The van der Waals surface area contributed by atoms with E-state index in [-0.39, 0.29) is 5.91 Å². The van der Waals surface area contributed by atoms with Gasteiger partial charge in [0.2, 0.25) is 5.91 Å². The number of amides is 1. The Balaban J connectivity index is 1.73. The van der Waals surface area contributed by atoms with Crippen LogP contribution in [0.15, 0.2) is 28.9 Å². The summed E-state index contributed by atoms with van der Waals surface area (Å²) in [5, 5.41) is 4.67. The van der Waals surface area contributed by atoms with Crippen LogP contribution in [0.4, 0.5) is 0 Å². The molecule has 0 aliphatic heterocycles. The number of hydrogen-bond donors (Lipinski definition) is 1. The number of fused-ring (bicyclic) bond motifs is 1. The zero-order valence-corrected chi connectivity index (χ0v) is 11.4. The van der Waals surface area contributed by atoms with Crippen molar-refractivity contribution in [3.63, 3.8) is 0 Å². The summed E-state index contributed by atoms with van der Waals surface area (Å²) in [5.41, 5.74) is 1.67. The van der Waals surface area contributed by atoms with Crippen LogP contribution in [-0.4, -0.2) is 11.9 Å². The van der Waals surface area contributed by atoms with Crippen molar-refractivity contribution in [2.24, 2.45) is 0 Å². The molecule has 0 bridgehead atoms. The summed E-state index contributed by atoms with van der Waals surface area (Å²) in [6, 6.07) is 5.82. The quantitative estimate of drug-likeness (QED) is 0.930. The first-order chi connectivity index (χ1) is 9.22. The third kappa shape index (κ3) is 2.76. The molecule has 100 valence electrons. The van der Waals surface area contributed by atoms with E-state index in [9.17, 15) is 4.79 Å². The molecule has 2 aromatic rings. The minimum absolute atomic E-state index is 0.0644. The first kappa shape index (κ1) is 12.5. The number of carbonyl (C=O) groups is 1. The Morgan fingerprint density at radius 2 is 2.16 bits per heavy atom. The van der Waals surface area contributed by atoms with Gasteiger partial charge in [-0.2, -0.15) is 0 Å². The summed E-state index contributed by atoms with van der Waals surface area (Å²) in [6.45, 7) is 0. The van der Waals surface area contributed by atoms with Crippen molar-refractivity contribution in [2.45, 2.75) is 38.1 Å². The number of benzene rings is 1. The fourth-order valence-electron chi connectivity index (χ4n) is 2.71. The van der Waals surface area contributed by atoms with Crippen LogP contribution in [0, 0.1) is 0 Å². The fraction of sp³-hybridized carbons (Fsp3) is 0.400. The molecule has 1 saturated carbocycles. The third-order valence-corrected chi connectivity index (χ3v) is 3.92. The third-order valence-electron chi connectivity index (χ3n) is 3.69. The second kappa shape index (κ2) is 5.25. The summed E-state index contributed by atoms with van der Waals surface area (Å²) < 4.78 is 5.44. The Kier molecular flexibility index (Phi) is 3.47. The van der Waals surface area contributed by atoms with Crippen LogP contribution in [0.1, 0.15) is 31.2 Å². The van der Waals surface area contributed by atoms with E-state index < -0.39 is 0 Å². The average molecular weight is 278 g/mol. The minimum atomic E-state index is 0.0644. The molecule has 1 aliphatic carbocycles. The van der Waals surface area contributed by atoms with Crippen molar-refractivity contribution >= 4 is 28.5 Å². The lowest BCUT2D eigenvalue weighted by Gasteiger charge is -2.11. The second-order valence-corrected chi connectivity index (χ2v) is 5.56. The van der Waals surface area contributed by atoms with Crippen LogP contribution in [0.5, 0.6) is 0 Å². The molecule has 0 saturated heterocycles. The van der Waals surface area contributed by atoms with Gasteiger partial charge in [-0.15, -0.1) is 0 Å². The predicted molar refractivity (Wildman–Crippen MR) is 75.3 cm³/mol. The van der Waals surface area contributed by atoms with Gasteiger partial charge < -0.3 is 9.73 Å². The first-order valence-electron chi connectivity index (χ1n) is 6.67. The summed E-state index contributed by atoms with van der Waals surface area (Å²) in [4.78, 5) is 12.0. The molecule has 0 unspecified atom stereocenters. The standard InChI is InChI=1S/C15H16ClNO2/c16-11-5-6-14-13(8-11)10(9-19-14)7-15(18)17-12-3-1-2-4-12/h5-6,8-9,12H,1-4,7H2,(H,17,18). The molecule has 0 atom stereocenters. The van der Waals surface area contributed by atoms with Crippen molar-refractivity contribution < 1.29 is 9.21 Å². The molecule has 1 aromatic carbocycles. The van der Waals surface area contributed by atoms with E-state index in [1.165, 1.54) is 12.8 Å². The Morgan fingerprint density at radius 1 is 1.37 bits per heavy atom. The Labute approximate surface area is 116 Å². The smallest absolute Gasteiger partial charge is 0.224 e. The Hall–Kier alpha value is -1.48. The molecular weight excluding hydrogens is 262 g/mol. The van der Waals surface area contributed by atoms with Crippen molar-refractivity contribution in [1.82, 2.24) is 5.32 Å². The maximum Gasteiger partial charge on any atom is 0.224 e. The van der Waals surface area contributed by atoms with Gasteiger partial charge in [0.1, 0.15) is 5.58 Å². The molecule has 1 heterocycles. The zero-order valence-electron chi connectivity index (χ0n) is 10.6. The lowest BCUT2D eigenvalue weighted by Crippen LogP contribution is -2.33. The van der Waals surface area contributed by atoms with Gasteiger partial charge in [-0.05, 0) is 31.0 Å². The number of halogens is 1. The summed E-state index contributed by atoms with van der Waals surface area (Å²) in [5.74, 6) is 0.0644. The van der Waals surface area contributed by atoms with Crippen LogP contribution >= 0.6 is 11.6 Å². The maximum absolute atomic E-state index is 12.0. The maximum atomic E-state index is 12.0. The average Bonchev–Trinajstić information content (AvgIpc) is 3.00. The van der Waals surface area contributed by atoms with Gasteiger partial charge in [0.25, 0.3) is 0 Å². The highest BCUT2D eigenvalue weighted by atomic mass is 35.5. The van der Waals surface area contributed by atoms with Crippen molar-refractivity contribution in [3.8, 4) is 0 Å². The normalized spacial score (nSPS) is 16.1. The molecule has 0 radical (unpaired) electrons. The lowest BCUT2D eigenvalue weighted by atomic mass is 10.1. The van der Waals surface area contributed by atoms with Gasteiger partial charge in [0, 0.05) is 22.0 Å². The van der Waals surface area contributed by atoms with Crippen molar-refractivity contribution in [3.05, 3.63) is 35.0 Å². The Bertz CT molecular complexity index is 599. The van der Waals surface area contributed by atoms with Gasteiger partial charge in [-0.3, -0.25) is 4.79 Å². The van der Waals surface area contributed by atoms with E-state index in [4.69, 9.17) is 16.0 Å². The molecule has 1 amide bonds. The van der Waals surface area contributed by atoms with Gasteiger partial charge in [-0.1, -0.05) is 24.4 Å². The van der Waals surface area contributed by atoms with Crippen LogP contribution in [0.2, 0.25) is 5.02 Å². The van der Waals surface area contributed by atoms with Gasteiger partial charge in [0.05, 0.1) is 12.7 Å². The predicted octanol–water partition coefficient (Wildman–Crippen LogP) is 3.69. The van der Waals surface area contributed by atoms with E-state index >= 15 is 0 Å². The summed E-state index contributed by atoms with van der Waals surface area (Å²) in [7, 11) is 0. The topological polar surface area (TPSA) is 42.2 Å².